The molecule has 0 saturated heterocycles. The molecule has 5 heteroatoms. The van der Waals surface area contributed by atoms with Gasteiger partial charge in [-0.3, -0.25) is 0 Å². The van der Waals surface area contributed by atoms with Crippen molar-refractivity contribution in [2.24, 2.45) is 0 Å². The molecule has 0 N–H and O–H groups in total. The Bertz CT molecular complexity index is 289. The monoisotopic (exact) mass is 699 g/mol. The summed E-state index contributed by atoms with van der Waals surface area (Å²) < 4.78 is 0. The summed E-state index contributed by atoms with van der Waals surface area (Å²) in [5.74, 6) is 14.7. The molecular weight excluding hydrogens is 647 g/mol. The van der Waals surface area contributed by atoms with Crippen LogP contribution in [0.5, 0.6) is 0 Å². The average molecular weight is 698 g/mol. The third-order valence-corrected chi connectivity index (χ3v) is 5.62. The summed E-state index contributed by atoms with van der Waals surface area (Å²) in [6.07, 6.45) is 0. The summed E-state index contributed by atoms with van der Waals surface area (Å²) in [6, 6.07) is 0. The zero-order chi connectivity index (χ0) is 26.5. The van der Waals surface area contributed by atoms with E-state index in [0.29, 0.717) is 15.7 Å². The van der Waals surface area contributed by atoms with E-state index < -0.39 is 0 Å². The van der Waals surface area contributed by atoms with Crippen LogP contribution in [0.3, 0.4) is 0 Å². The molecule has 2 aliphatic rings. The molecule has 0 unspecified atom stereocenters. The summed E-state index contributed by atoms with van der Waals surface area (Å²) in [7, 11) is 0. The Kier molecular flexibility index (Phi) is 33.1. The molecule has 0 aromatic rings. The van der Waals surface area contributed by atoms with Gasteiger partial charge < -0.3 is 37.9 Å². The van der Waals surface area contributed by atoms with Crippen LogP contribution in [-0.2, 0) is 76.8 Å². The van der Waals surface area contributed by atoms with Crippen molar-refractivity contribution in [1.82, 2.24) is 0 Å². The maximum Gasteiger partial charge on any atom is 3.00 e. The number of hydrogen-bond acceptors (Lipinski definition) is 3. The zero-order valence-corrected chi connectivity index (χ0v) is 30.6. The zero-order valence-electron chi connectivity index (χ0n) is 24.7. The molecule has 2 aliphatic carbocycles. The Morgan fingerprint density at radius 2 is 0.353 bits per heavy atom. The van der Waals surface area contributed by atoms with E-state index in [-0.39, 0.29) is 39.0 Å². The van der Waals surface area contributed by atoms with E-state index in [1.54, 1.807) is 0 Å². The van der Waals surface area contributed by atoms with Crippen molar-refractivity contribution in [3.63, 3.8) is 0 Å². The van der Waals surface area contributed by atoms with Crippen molar-refractivity contribution in [3.05, 3.63) is 59.2 Å². The van der Waals surface area contributed by atoms with Crippen LogP contribution in [0.2, 0.25) is 0 Å². The summed E-state index contributed by atoms with van der Waals surface area (Å²) in [6.45, 7) is 33.9. The smallest absolute Gasteiger partial charge is 0.790 e. The first-order valence-corrected chi connectivity index (χ1v) is 13.1. The first-order chi connectivity index (χ1) is 14.3. The van der Waals surface area contributed by atoms with Gasteiger partial charge in [-0.2, -0.15) is 15.7 Å². The molecule has 0 aromatic heterocycles. The van der Waals surface area contributed by atoms with E-state index in [0.717, 1.165) is 0 Å². The van der Waals surface area contributed by atoms with Gasteiger partial charge in [-0.15, -0.1) is 0 Å². The van der Waals surface area contributed by atoms with E-state index in [9.17, 15) is 0 Å². The fourth-order valence-electron chi connectivity index (χ4n) is 2.81. The van der Waals surface area contributed by atoms with Crippen LogP contribution in [0.25, 0.3) is 0 Å². The minimum Gasteiger partial charge on any atom is -0.790 e. The SMILES string of the molecule is CC(C)[S-].CC(C)[S-].CC(C)[S-].C[C]1[C](C)[C](C)[C](C)[C]1C.C[C]1[C](C)[C](C)[C](C)[C]1C.[Ru+2].[Ru+3]. The molecule has 0 aromatic carbocycles. The molecule has 0 spiro atoms. The molecule has 2 fully saturated rings. The minimum atomic E-state index is 0. The first kappa shape index (κ1) is 46.2. The van der Waals surface area contributed by atoms with E-state index in [2.05, 4.69) is 107 Å². The van der Waals surface area contributed by atoms with Crippen molar-refractivity contribution in [2.45, 2.75) is 127 Å². The maximum atomic E-state index is 4.62. The van der Waals surface area contributed by atoms with Crippen molar-refractivity contribution >= 4 is 37.9 Å². The molecule has 0 heterocycles. The normalized spacial score (nSPS) is 19.9. The van der Waals surface area contributed by atoms with Gasteiger partial charge in [0.1, 0.15) is 0 Å². The topological polar surface area (TPSA) is 0 Å². The van der Waals surface area contributed by atoms with Crippen LogP contribution in [-0.4, -0.2) is 15.7 Å². The van der Waals surface area contributed by atoms with E-state index in [4.69, 9.17) is 0 Å². The molecule has 11 radical (unpaired) electrons. The van der Waals surface area contributed by atoms with Crippen molar-refractivity contribution in [1.29, 1.82) is 0 Å². The Balaban J connectivity index is -0.000000110. The fourth-order valence-corrected chi connectivity index (χ4v) is 2.81. The Hall–Kier alpha value is 2.30. The van der Waals surface area contributed by atoms with Gasteiger partial charge in [0.25, 0.3) is 0 Å². The molecule has 2 rings (SSSR count). The van der Waals surface area contributed by atoms with Crippen LogP contribution in [0, 0.1) is 59.2 Å². The minimum absolute atomic E-state index is 0. The third kappa shape index (κ3) is 21.3. The molecule has 0 bridgehead atoms. The van der Waals surface area contributed by atoms with Gasteiger partial charge in [-0.05, 0) is 59.2 Å². The molecule has 2 saturated carbocycles. The van der Waals surface area contributed by atoms with Crippen LogP contribution < -0.4 is 0 Å². The Labute approximate surface area is 260 Å². The number of rotatable bonds is 0. The average Bonchev–Trinajstić information content (AvgIpc) is 2.91. The molecule has 34 heavy (non-hydrogen) atoms. The van der Waals surface area contributed by atoms with Gasteiger partial charge in [-0.25, -0.2) is 0 Å². The van der Waals surface area contributed by atoms with Crippen LogP contribution in [0.4, 0.5) is 0 Å². The molecular formula is C29H51Ru2S3+2. The molecule has 199 valence electrons. The van der Waals surface area contributed by atoms with E-state index in [1.807, 2.05) is 41.5 Å². The van der Waals surface area contributed by atoms with E-state index >= 15 is 0 Å². The fraction of sp³-hybridized carbons (Fsp3) is 0.655. The molecule has 0 nitrogen and oxygen atoms in total. The van der Waals surface area contributed by atoms with Gasteiger partial charge in [-0.1, -0.05) is 111 Å². The van der Waals surface area contributed by atoms with Crippen molar-refractivity contribution < 1.29 is 39.0 Å². The summed E-state index contributed by atoms with van der Waals surface area (Å²) in [4.78, 5) is 0. The van der Waals surface area contributed by atoms with Gasteiger partial charge >= 0.3 is 39.0 Å². The Morgan fingerprint density at radius 3 is 0.382 bits per heavy atom. The standard InChI is InChI=1S/2C10H15.3C3H8S.2Ru/c2*1-6-7(2)9(4)10(5)8(6)3;3*1-3(2)4;;/h2*1-5H3;3*3-4H,1-2H3;;/q;;;;;+2;+3/p-3. The summed E-state index contributed by atoms with van der Waals surface area (Å²) in [5.41, 5.74) is 0. The van der Waals surface area contributed by atoms with Crippen molar-refractivity contribution in [2.75, 3.05) is 0 Å². The second kappa shape index (κ2) is 24.3. The maximum absolute atomic E-state index is 4.62. The van der Waals surface area contributed by atoms with Gasteiger partial charge in [0.2, 0.25) is 0 Å². The quantitative estimate of drug-likeness (QED) is 0.184. The largest absolute Gasteiger partial charge is 3.00 e. The Morgan fingerprint density at radius 1 is 0.324 bits per heavy atom. The summed E-state index contributed by atoms with van der Waals surface area (Å²) >= 11 is 13.9. The van der Waals surface area contributed by atoms with Gasteiger partial charge in [0.15, 0.2) is 0 Å². The second-order valence-electron chi connectivity index (χ2n) is 9.40. The van der Waals surface area contributed by atoms with Crippen LogP contribution in [0.1, 0.15) is 111 Å². The van der Waals surface area contributed by atoms with Gasteiger partial charge in [0.05, 0.1) is 0 Å². The third-order valence-electron chi connectivity index (χ3n) is 5.62. The van der Waals surface area contributed by atoms with Crippen molar-refractivity contribution in [3.8, 4) is 0 Å². The first-order valence-electron chi connectivity index (χ1n) is 11.7. The molecule has 0 amide bonds. The number of hydrogen-bond donors (Lipinski definition) is 0. The van der Waals surface area contributed by atoms with Crippen LogP contribution >= 0.6 is 0 Å². The van der Waals surface area contributed by atoms with E-state index in [1.165, 1.54) is 59.2 Å². The summed E-state index contributed by atoms with van der Waals surface area (Å²) in [5, 5.41) is 1.25. The second-order valence-corrected chi connectivity index (χ2v) is 12.2. The van der Waals surface area contributed by atoms with Gasteiger partial charge in [0, 0.05) is 0 Å². The predicted octanol–water partition coefficient (Wildman–Crippen LogP) is 8.76. The predicted molar refractivity (Wildman–Crippen MR) is 157 cm³/mol. The molecule has 0 aliphatic heterocycles. The van der Waals surface area contributed by atoms with Crippen LogP contribution in [0.15, 0.2) is 0 Å². The molecule has 0 atom stereocenters.